The summed E-state index contributed by atoms with van der Waals surface area (Å²) in [6.45, 7) is 4.44. The Bertz CT molecular complexity index is 562. The third-order valence-corrected chi connectivity index (χ3v) is 2.62. The highest BCUT2D eigenvalue weighted by Gasteiger charge is 2.06. The quantitative estimate of drug-likeness (QED) is 0.910. The fourth-order valence-electron chi connectivity index (χ4n) is 1.58. The maximum absolute atomic E-state index is 5.83. The number of nitrogens with one attached hydrogen (secondary N) is 1. The first-order valence-corrected chi connectivity index (χ1v) is 6.49. The number of nitrogens with zero attached hydrogens (tertiary/aromatic N) is 3. The van der Waals surface area contributed by atoms with Crippen LogP contribution >= 0.6 is 11.6 Å². The van der Waals surface area contributed by atoms with E-state index < -0.39 is 0 Å². The zero-order valence-electron chi connectivity index (χ0n) is 10.9. The molecular weight excluding hydrogens is 264 g/mol. The molecule has 0 saturated heterocycles. The molecule has 1 N–H and O–H groups in total. The van der Waals surface area contributed by atoms with Gasteiger partial charge >= 0.3 is 6.01 Å². The second-order valence-corrected chi connectivity index (χ2v) is 4.16. The first-order valence-electron chi connectivity index (χ1n) is 6.11. The zero-order valence-corrected chi connectivity index (χ0v) is 11.6. The number of hydrogen-bond donors (Lipinski definition) is 1. The van der Waals surface area contributed by atoms with Gasteiger partial charge in [-0.15, -0.1) is 0 Å². The van der Waals surface area contributed by atoms with Gasteiger partial charge in [-0.05, 0) is 42.6 Å². The van der Waals surface area contributed by atoms with Crippen molar-refractivity contribution >= 4 is 23.2 Å². The van der Waals surface area contributed by atoms with E-state index in [9.17, 15) is 0 Å². The maximum Gasteiger partial charge on any atom is 0.322 e. The summed E-state index contributed by atoms with van der Waals surface area (Å²) in [6, 6.07) is 8.25. The van der Waals surface area contributed by atoms with E-state index in [1.54, 1.807) is 0 Å². The molecule has 0 fully saturated rings. The largest absolute Gasteiger partial charge is 0.464 e. The van der Waals surface area contributed by atoms with E-state index >= 15 is 0 Å². The number of aryl methyl sites for hydroxylation is 1. The van der Waals surface area contributed by atoms with Gasteiger partial charge in [0.1, 0.15) is 0 Å². The molecule has 19 heavy (non-hydrogen) atoms. The van der Waals surface area contributed by atoms with Crippen LogP contribution in [-0.4, -0.2) is 21.6 Å². The fourth-order valence-corrected chi connectivity index (χ4v) is 1.73. The van der Waals surface area contributed by atoms with Crippen LogP contribution in [0, 0.1) is 0 Å². The van der Waals surface area contributed by atoms with Crippen LogP contribution in [0.5, 0.6) is 6.01 Å². The van der Waals surface area contributed by atoms with Crippen molar-refractivity contribution < 1.29 is 4.74 Å². The molecule has 6 heteroatoms. The third-order valence-electron chi connectivity index (χ3n) is 2.45. The van der Waals surface area contributed by atoms with E-state index in [1.807, 2.05) is 25.1 Å². The monoisotopic (exact) mass is 278 g/mol. The van der Waals surface area contributed by atoms with Gasteiger partial charge in [-0.3, -0.25) is 0 Å². The summed E-state index contributed by atoms with van der Waals surface area (Å²) in [7, 11) is 0. The molecule has 100 valence electrons. The Morgan fingerprint density at radius 1 is 1.21 bits per heavy atom. The highest BCUT2D eigenvalue weighted by atomic mass is 35.5. The third kappa shape index (κ3) is 3.79. The summed E-state index contributed by atoms with van der Waals surface area (Å²) in [5, 5.41) is 3.20. The Morgan fingerprint density at radius 2 is 2.05 bits per heavy atom. The van der Waals surface area contributed by atoms with Crippen molar-refractivity contribution in [1.82, 2.24) is 15.0 Å². The standard InChI is InChI=1S/C13H15ClN4O/c1-3-9-6-5-7-10(8-9)15-12-16-11(14)17-13(18-12)19-4-2/h5-8H,3-4H2,1-2H3,(H,15,16,17,18). The number of benzene rings is 1. The van der Waals surface area contributed by atoms with Gasteiger partial charge in [0.15, 0.2) is 0 Å². The van der Waals surface area contributed by atoms with Gasteiger partial charge in [0, 0.05) is 5.69 Å². The lowest BCUT2D eigenvalue weighted by molar-refractivity contribution is 0.312. The normalized spacial score (nSPS) is 10.3. The van der Waals surface area contributed by atoms with Crippen molar-refractivity contribution in [3.63, 3.8) is 0 Å². The van der Waals surface area contributed by atoms with Crippen molar-refractivity contribution in [2.75, 3.05) is 11.9 Å². The predicted octanol–water partition coefficient (Wildman–Crippen LogP) is 3.23. The highest BCUT2D eigenvalue weighted by Crippen LogP contribution is 2.18. The number of rotatable bonds is 5. The summed E-state index contributed by atoms with van der Waals surface area (Å²) in [6.07, 6.45) is 0.970. The van der Waals surface area contributed by atoms with E-state index in [0.29, 0.717) is 12.6 Å². The van der Waals surface area contributed by atoms with Crippen LogP contribution < -0.4 is 10.1 Å². The van der Waals surface area contributed by atoms with E-state index in [1.165, 1.54) is 5.56 Å². The molecule has 0 unspecified atom stereocenters. The maximum atomic E-state index is 5.83. The summed E-state index contributed by atoms with van der Waals surface area (Å²) in [5.74, 6) is 0.372. The average Bonchev–Trinajstić information content (AvgIpc) is 2.38. The number of aromatic nitrogens is 3. The fraction of sp³-hybridized carbons (Fsp3) is 0.308. The van der Waals surface area contributed by atoms with Crippen molar-refractivity contribution in [3.8, 4) is 6.01 Å². The van der Waals surface area contributed by atoms with Crippen LogP contribution in [0.15, 0.2) is 24.3 Å². The van der Waals surface area contributed by atoms with Gasteiger partial charge in [-0.2, -0.15) is 15.0 Å². The summed E-state index contributed by atoms with van der Waals surface area (Å²) in [4.78, 5) is 12.0. The van der Waals surface area contributed by atoms with Gasteiger partial charge < -0.3 is 10.1 Å². The smallest absolute Gasteiger partial charge is 0.322 e. The molecule has 1 heterocycles. The molecule has 0 aliphatic carbocycles. The topological polar surface area (TPSA) is 59.9 Å². The van der Waals surface area contributed by atoms with Crippen LogP contribution in [0.4, 0.5) is 11.6 Å². The van der Waals surface area contributed by atoms with E-state index in [2.05, 4.69) is 33.3 Å². The Labute approximate surface area is 117 Å². The van der Waals surface area contributed by atoms with Gasteiger partial charge in [0.05, 0.1) is 6.61 Å². The van der Waals surface area contributed by atoms with E-state index in [0.717, 1.165) is 12.1 Å². The highest BCUT2D eigenvalue weighted by molar-refractivity contribution is 6.28. The minimum Gasteiger partial charge on any atom is -0.464 e. The lowest BCUT2D eigenvalue weighted by atomic mass is 10.1. The van der Waals surface area contributed by atoms with Crippen molar-refractivity contribution in [2.24, 2.45) is 0 Å². The Hall–Kier alpha value is -1.88. The molecule has 5 nitrogen and oxygen atoms in total. The minimum atomic E-state index is 0.104. The number of halogens is 1. The number of ether oxygens (including phenoxy) is 1. The number of hydrogen-bond acceptors (Lipinski definition) is 5. The SMILES string of the molecule is CCOc1nc(Cl)nc(Nc2cccc(CC)c2)n1. The lowest BCUT2D eigenvalue weighted by Gasteiger charge is -2.07. The van der Waals surface area contributed by atoms with Gasteiger partial charge in [-0.1, -0.05) is 19.1 Å². The van der Waals surface area contributed by atoms with Crippen LogP contribution in [0.1, 0.15) is 19.4 Å². The van der Waals surface area contributed by atoms with Crippen LogP contribution in [0.2, 0.25) is 5.28 Å². The van der Waals surface area contributed by atoms with Crippen molar-refractivity contribution in [1.29, 1.82) is 0 Å². The van der Waals surface area contributed by atoms with Gasteiger partial charge in [0.25, 0.3) is 0 Å². The Balaban J connectivity index is 2.22. The molecule has 2 aromatic rings. The van der Waals surface area contributed by atoms with Gasteiger partial charge in [0.2, 0.25) is 11.2 Å². The zero-order chi connectivity index (χ0) is 13.7. The summed E-state index contributed by atoms with van der Waals surface area (Å²) < 4.78 is 5.22. The molecule has 0 aliphatic rings. The Morgan fingerprint density at radius 3 is 2.79 bits per heavy atom. The second kappa shape index (κ2) is 6.33. The predicted molar refractivity (Wildman–Crippen MR) is 75.1 cm³/mol. The first kappa shape index (κ1) is 13.5. The molecule has 1 aromatic carbocycles. The molecule has 0 saturated carbocycles. The summed E-state index contributed by atoms with van der Waals surface area (Å²) in [5.41, 5.74) is 2.14. The molecule has 1 aromatic heterocycles. The molecule has 2 rings (SSSR count). The van der Waals surface area contributed by atoms with E-state index in [-0.39, 0.29) is 11.3 Å². The van der Waals surface area contributed by atoms with Gasteiger partial charge in [-0.25, -0.2) is 0 Å². The molecule has 0 atom stereocenters. The van der Waals surface area contributed by atoms with Crippen molar-refractivity contribution in [2.45, 2.75) is 20.3 Å². The van der Waals surface area contributed by atoms with E-state index in [4.69, 9.17) is 16.3 Å². The minimum absolute atomic E-state index is 0.104. The molecule has 0 radical (unpaired) electrons. The van der Waals surface area contributed by atoms with Crippen LogP contribution in [-0.2, 0) is 6.42 Å². The molecule has 0 amide bonds. The first-order chi connectivity index (χ1) is 9.21. The number of anilines is 2. The van der Waals surface area contributed by atoms with Crippen LogP contribution in [0.25, 0.3) is 0 Å². The second-order valence-electron chi connectivity index (χ2n) is 3.82. The molecule has 0 bridgehead atoms. The molecular formula is C13H15ClN4O. The average molecular weight is 279 g/mol. The summed E-state index contributed by atoms with van der Waals surface area (Å²) >= 11 is 5.83. The molecule has 0 spiro atoms. The van der Waals surface area contributed by atoms with Crippen LogP contribution in [0.3, 0.4) is 0 Å². The lowest BCUT2D eigenvalue weighted by Crippen LogP contribution is -2.03. The Kier molecular flexibility index (Phi) is 4.52. The molecule has 0 aliphatic heterocycles. The van der Waals surface area contributed by atoms with Crippen molar-refractivity contribution in [3.05, 3.63) is 35.1 Å².